The Kier molecular flexibility index (Phi) is 8.97. The number of hydrogen-bond donors (Lipinski definition) is 3. The Bertz CT molecular complexity index is 702. The summed E-state index contributed by atoms with van der Waals surface area (Å²) in [6, 6.07) is 15.3. The van der Waals surface area contributed by atoms with E-state index < -0.39 is 5.76 Å². The molecule has 2 aromatic rings. The molecule has 0 amide bonds. The number of thiocarbonyl (C=S) groups is 1. The SMILES string of the molecule is CC[NH+](CC)Cc1ccc(CNC(=S)Nc2ccc(SC(F)F)cc2)cc1. The van der Waals surface area contributed by atoms with Crippen LogP contribution in [0, 0.1) is 0 Å². The number of anilines is 1. The Morgan fingerprint density at radius 1 is 1.00 bits per heavy atom. The molecule has 0 aliphatic carbocycles. The minimum absolute atomic E-state index is 0.501. The molecule has 3 nitrogen and oxygen atoms in total. The third-order valence-electron chi connectivity index (χ3n) is 4.27. The number of benzene rings is 2. The largest absolute Gasteiger partial charge is 0.358 e. The van der Waals surface area contributed by atoms with Crippen molar-refractivity contribution in [1.29, 1.82) is 0 Å². The number of halogens is 2. The Labute approximate surface area is 169 Å². The van der Waals surface area contributed by atoms with Crippen LogP contribution in [0.25, 0.3) is 0 Å². The molecule has 0 aliphatic rings. The first-order valence-electron chi connectivity index (χ1n) is 9.01. The van der Waals surface area contributed by atoms with Gasteiger partial charge in [-0.1, -0.05) is 36.0 Å². The van der Waals surface area contributed by atoms with Crippen molar-refractivity contribution in [3.05, 3.63) is 59.7 Å². The fourth-order valence-electron chi connectivity index (χ4n) is 2.64. The van der Waals surface area contributed by atoms with Gasteiger partial charge in [-0.2, -0.15) is 8.78 Å². The Hall–Kier alpha value is -1.70. The van der Waals surface area contributed by atoms with Crippen LogP contribution in [-0.2, 0) is 13.1 Å². The lowest BCUT2D eigenvalue weighted by Gasteiger charge is -2.15. The van der Waals surface area contributed by atoms with Crippen LogP contribution >= 0.6 is 24.0 Å². The normalized spacial score (nSPS) is 11.0. The molecule has 0 fully saturated rings. The lowest BCUT2D eigenvalue weighted by molar-refractivity contribution is -0.910. The molecule has 146 valence electrons. The van der Waals surface area contributed by atoms with E-state index in [9.17, 15) is 8.78 Å². The summed E-state index contributed by atoms with van der Waals surface area (Å²) in [5, 5.41) is 6.73. The van der Waals surface area contributed by atoms with Crippen LogP contribution in [0.3, 0.4) is 0 Å². The molecule has 7 heteroatoms. The van der Waals surface area contributed by atoms with Gasteiger partial charge in [0.05, 0.1) is 13.1 Å². The first-order chi connectivity index (χ1) is 13.0. The van der Waals surface area contributed by atoms with Gasteiger partial charge in [-0.15, -0.1) is 0 Å². The molecule has 0 aliphatic heterocycles. The summed E-state index contributed by atoms with van der Waals surface area (Å²) in [4.78, 5) is 2.09. The van der Waals surface area contributed by atoms with Crippen molar-refractivity contribution in [3.63, 3.8) is 0 Å². The highest BCUT2D eigenvalue weighted by Crippen LogP contribution is 2.26. The van der Waals surface area contributed by atoms with Gasteiger partial charge in [-0.25, -0.2) is 0 Å². The standard InChI is InChI=1S/C20H25F2N3S2/c1-3-25(4-2)14-16-7-5-15(6-8-16)13-23-20(26)24-17-9-11-18(12-10-17)27-19(21)22/h5-12,19H,3-4,13-14H2,1-2H3,(H2,23,24,26)/p+1. The molecule has 27 heavy (non-hydrogen) atoms. The van der Waals surface area contributed by atoms with Gasteiger partial charge in [0.1, 0.15) is 6.54 Å². The fourth-order valence-corrected chi connectivity index (χ4v) is 3.33. The molecule has 0 atom stereocenters. The Balaban J connectivity index is 1.79. The van der Waals surface area contributed by atoms with Crippen molar-refractivity contribution < 1.29 is 13.7 Å². The van der Waals surface area contributed by atoms with Gasteiger partial charge in [-0.3, -0.25) is 0 Å². The van der Waals surface area contributed by atoms with Crippen LogP contribution in [0.1, 0.15) is 25.0 Å². The second-order valence-corrected chi connectivity index (χ2v) is 7.63. The summed E-state index contributed by atoms with van der Waals surface area (Å²) in [6.07, 6.45) is 0. The van der Waals surface area contributed by atoms with E-state index in [1.807, 2.05) is 0 Å². The molecular weight excluding hydrogens is 384 g/mol. The van der Waals surface area contributed by atoms with E-state index in [2.05, 4.69) is 48.7 Å². The van der Waals surface area contributed by atoms with Crippen LogP contribution in [0.4, 0.5) is 14.5 Å². The van der Waals surface area contributed by atoms with E-state index in [1.165, 1.54) is 5.56 Å². The summed E-state index contributed by atoms with van der Waals surface area (Å²) < 4.78 is 24.7. The van der Waals surface area contributed by atoms with E-state index in [0.29, 0.717) is 28.3 Å². The van der Waals surface area contributed by atoms with Crippen molar-refractivity contribution >= 4 is 34.8 Å². The molecule has 0 aromatic heterocycles. The smallest absolute Gasteiger partial charge is 0.288 e. The maximum absolute atomic E-state index is 12.3. The lowest BCUT2D eigenvalue weighted by atomic mass is 10.1. The molecule has 0 bridgehead atoms. The molecule has 0 spiro atoms. The fraction of sp³-hybridized carbons (Fsp3) is 0.350. The lowest BCUT2D eigenvalue weighted by Crippen LogP contribution is -3.10. The van der Waals surface area contributed by atoms with E-state index in [4.69, 9.17) is 12.2 Å². The van der Waals surface area contributed by atoms with Crippen LogP contribution in [0.2, 0.25) is 0 Å². The average molecular weight is 411 g/mol. The van der Waals surface area contributed by atoms with Gasteiger partial charge in [0, 0.05) is 22.7 Å². The van der Waals surface area contributed by atoms with Crippen LogP contribution in [0.5, 0.6) is 0 Å². The summed E-state index contributed by atoms with van der Waals surface area (Å²) in [5.74, 6) is -2.41. The minimum atomic E-state index is -2.41. The van der Waals surface area contributed by atoms with E-state index >= 15 is 0 Å². The van der Waals surface area contributed by atoms with Crippen LogP contribution in [0.15, 0.2) is 53.4 Å². The van der Waals surface area contributed by atoms with Crippen molar-refractivity contribution in [2.45, 2.75) is 37.6 Å². The maximum Gasteiger partial charge on any atom is 0.288 e. The van der Waals surface area contributed by atoms with Gasteiger partial charge in [0.25, 0.3) is 5.76 Å². The zero-order chi connectivity index (χ0) is 19.6. The molecule has 2 rings (SSSR count). The molecule has 0 saturated carbocycles. The zero-order valence-corrected chi connectivity index (χ0v) is 17.2. The van der Waals surface area contributed by atoms with E-state index in [-0.39, 0.29) is 0 Å². The predicted octanol–water partition coefficient (Wildman–Crippen LogP) is 3.91. The number of quaternary nitrogens is 1. The quantitative estimate of drug-likeness (QED) is 0.432. The third kappa shape index (κ3) is 7.82. The molecule has 0 heterocycles. The number of thioether (sulfide) groups is 1. The molecule has 3 N–H and O–H groups in total. The van der Waals surface area contributed by atoms with Crippen LogP contribution in [-0.4, -0.2) is 24.0 Å². The monoisotopic (exact) mass is 410 g/mol. The van der Waals surface area contributed by atoms with Crippen molar-refractivity contribution in [2.75, 3.05) is 18.4 Å². The molecular formula is C20H26F2N3S2+. The predicted molar refractivity (Wildman–Crippen MR) is 114 cm³/mol. The van der Waals surface area contributed by atoms with Gasteiger partial charge < -0.3 is 15.5 Å². The number of nitrogens with one attached hydrogen (secondary N) is 3. The Morgan fingerprint density at radius 3 is 2.15 bits per heavy atom. The second-order valence-electron chi connectivity index (χ2n) is 6.16. The number of hydrogen-bond acceptors (Lipinski definition) is 2. The van der Waals surface area contributed by atoms with Crippen LogP contribution < -0.4 is 15.5 Å². The van der Waals surface area contributed by atoms with Crippen molar-refractivity contribution in [2.24, 2.45) is 0 Å². The van der Waals surface area contributed by atoms with E-state index in [0.717, 1.165) is 30.9 Å². The molecule has 0 radical (unpaired) electrons. The highest BCUT2D eigenvalue weighted by molar-refractivity contribution is 7.99. The summed E-state index contributed by atoms with van der Waals surface area (Å²) in [6.45, 7) is 8.33. The molecule has 0 saturated heterocycles. The second kappa shape index (κ2) is 11.2. The van der Waals surface area contributed by atoms with Gasteiger partial charge >= 0.3 is 0 Å². The summed E-state index contributed by atoms with van der Waals surface area (Å²) in [7, 11) is 0. The average Bonchev–Trinajstić information content (AvgIpc) is 2.66. The molecule has 2 aromatic carbocycles. The summed E-state index contributed by atoms with van der Waals surface area (Å²) >= 11 is 5.83. The third-order valence-corrected chi connectivity index (χ3v) is 5.24. The van der Waals surface area contributed by atoms with Gasteiger partial charge in [-0.05, 0) is 55.9 Å². The maximum atomic E-state index is 12.3. The highest BCUT2D eigenvalue weighted by Gasteiger charge is 2.06. The first kappa shape index (κ1) is 21.6. The van der Waals surface area contributed by atoms with Crippen molar-refractivity contribution in [3.8, 4) is 0 Å². The zero-order valence-electron chi connectivity index (χ0n) is 15.6. The number of rotatable bonds is 9. The van der Waals surface area contributed by atoms with Gasteiger partial charge in [0.2, 0.25) is 0 Å². The highest BCUT2D eigenvalue weighted by atomic mass is 32.2. The van der Waals surface area contributed by atoms with Crippen molar-refractivity contribution in [1.82, 2.24) is 5.32 Å². The number of alkyl halides is 2. The summed E-state index contributed by atoms with van der Waals surface area (Å²) in [5.41, 5.74) is 3.25. The topological polar surface area (TPSA) is 28.5 Å². The molecule has 0 unspecified atom stereocenters. The minimum Gasteiger partial charge on any atom is -0.358 e. The van der Waals surface area contributed by atoms with E-state index in [1.54, 1.807) is 29.2 Å². The Morgan fingerprint density at radius 2 is 1.59 bits per heavy atom. The first-order valence-corrected chi connectivity index (χ1v) is 10.3. The van der Waals surface area contributed by atoms with Gasteiger partial charge in [0.15, 0.2) is 5.11 Å².